The fourth-order valence-corrected chi connectivity index (χ4v) is 1.96. The first-order valence-electron chi connectivity index (χ1n) is 5.87. The quantitative estimate of drug-likeness (QED) is 0.792. The van der Waals surface area contributed by atoms with E-state index in [9.17, 15) is 0 Å². The normalized spacial score (nSPS) is 20.4. The van der Waals surface area contributed by atoms with Crippen LogP contribution >= 0.6 is 0 Å². The Labute approximate surface area is 99.5 Å². The van der Waals surface area contributed by atoms with E-state index in [1.54, 1.807) is 17.2 Å². The maximum absolute atomic E-state index is 5.65. The zero-order valence-corrected chi connectivity index (χ0v) is 9.49. The Morgan fingerprint density at radius 1 is 1.24 bits per heavy atom. The van der Waals surface area contributed by atoms with E-state index in [0.717, 1.165) is 25.1 Å². The van der Waals surface area contributed by atoms with Crippen LogP contribution in [-0.4, -0.2) is 26.4 Å². The Morgan fingerprint density at radius 3 is 3.00 bits per heavy atom. The number of hydrogen-bond acceptors (Lipinski definition) is 4. The maximum atomic E-state index is 5.65. The molecule has 5 nitrogen and oxygen atoms in total. The van der Waals surface area contributed by atoms with E-state index in [1.165, 1.54) is 6.42 Å². The molecule has 3 heterocycles. The van der Waals surface area contributed by atoms with E-state index in [0.29, 0.717) is 5.82 Å². The summed E-state index contributed by atoms with van der Waals surface area (Å²) in [6, 6.07) is 5.71. The Kier molecular flexibility index (Phi) is 2.83. The molecular weight excluding hydrogens is 216 g/mol. The van der Waals surface area contributed by atoms with Crippen LogP contribution in [0.4, 0.5) is 0 Å². The van der Waals surface area contributed by atoms with Crippen LogP contribution in [0.2, 0.25) is 0 Å². The molecule has 0 radical (unpaired) electrons. The van der Waals surface area contributed by atoms with Gasteiger partial charge in [-0.2, -0.15) is 0 Å². The summed E-state index contributed by atoms with van der Waals surface area (Å²) in [6.07, 6.45) is 6.83. The van der Waals surface area contributed by atoms with Crippen LogP contribution in [0.3, 0.4) is 0 Å². The highest BCUT2D eigenvalue weighted by Crippen LogP contribution is 2.22. The number of ether oxygens (including phenoxy) is 1. The van der Waals surface area contributed by atoms with Gasteiger partial charge in [0.1, 0.15) is 12.0 Å². The van der Waals surface area contributed by atoms with Crippen LogP contribution in [0.1, 0.15) is 25.5 Å². The molecule has 0 bridgehead atoms. The number of aromatic nitrogens is 4. The summed E-state index contributed by atoms with van der Waals surface area (Å²) >= 11 is 0. The van der Waals surface area contributed by atoms with Crippen molar-refractivity contribution < 1.29 is 4.74 Å². The molecule has 17 heavy (non-hydrogen) atoms. The van der Waals surface area contributed by atoms with Crippen molar-refractivity contribution in [3.8, 4) is 11.5 Å². The lowest BCUT2D eigenvalue weighted by Gasteiger charge is -2.21. The van der Waals surface area contributed by atoms with E-state index in [1.807, 2.05) is 18.2 Å². The van der Waals surface area contributed by atoms with Crippen molar-refractivity contribution in [2.45, 2.75) is 25.5 Å². The highest BCUT2D eigenvalue weighted by molar-refractivity contribution is 5.46. The van der Waals surface area contributed by atoms with Crippen molar-refractivity contribution in [2.24, 2.45) is 0 Å². The molecule has 5 heteroatoms. The lowest BCUT2D eigenvalue weighted by molar-refractivity contribution is -0.0395. The van der Waals surface area contributed by atoms with Gasteiger partial charge in [0.2, 0.25) is 0 Å². The lowest BCUT2D eigenvalue weighted by Crippen LogP contribution is -2.18. The molecule has 2 aromatic rings. The second-order valence-corrected chi connectivity index (χ2v) is 4.08. The number of rotatable bonds is 2. The zero-order valence-electron chi connectivity index (χ0n) is 9.49. The minimum atomic E-state index is 0.0358. The topological polar surface area (TPSA) is 52.8 Å². The largest absolute Gasteiger partial charge is 0.356 e. The predicted molar refractivity (Wildman–Crippen MR) is 62.1 cm³/mol. The Hall–Kier alpha value is -1.75. The van der Waals surface area contributed by atoms with Crippen LogP contribution in [-0.2, 0) is 4.74 Å². The molecule has 0 aromatic carbocycles. The fourth-order valence-electron chi connectivity index (χ4n) is 1.96. The average molecular weight is 230 g/mol. The van der Waals surface area contributed by atoms with Gasteiger partial charge in [0.25, 0.3) is 0 Å². The molecular formula is C12H14N4O. The van der Waals surface area contributed by atoms with E-state index >= 15 is 0 Å². The summed E-state index contributed by atoms with van der Waals surface area (Å²) in [5, 5.41) is 4.42. The Balaban J connectivity index is 1.83. The summed E-state index contributed by atoms with van der Waals surface area (Å²) in [4.78, 5) is 8.50. The van der Waals surface area contributed by atoms with Gasteiger partial charge in [-0.05, 0) is 31.4 Å². The van der Waals surface area contributed by atoms with Crippen molar-refractivity contribution in [1.29, 1.82) is 0 Å². The fraction of sp³-hybridized carbons (Fsp3) is 0.417. The molecule has 3 rings (SSSR count). The first-order chi connectivity index (χ1) is 8.43. The van der Waals surface area contributed by atoms with Gasteiger partial charge in [0.05, 0.1) is 0 Å². The third kappa shape index (κ3) is 2.19. The van der Waals surface area contributed by atoms with Crippen molar-refractivity contribution >= 4 is 0 Å². The van der Waals surface area contributed by atoms with Gasteiger partial charge in [-0.3, -0.25) is 4.98 Å². The molecule has 1 atom stereocenters. The molecule has 0 aliphatic carbocycles. The molecule has 0 spiro atoms. The first kappa shape index (κ1) is 10.4. The minimum Gasteiger partial charge on any atom is -0.356 e. The third-order valence-corrected chi connectivity index (χ3v) is 2.85. The van der Waals surface area contributed by atoms with Crippen LogP contribution < -0.4 is 0 Å². The number of pyridine rings is 1. The highest BCUT2D eigenvalue weighted by atomic mass is 16.5. The van der Waals surface area contributed by atoms with Gasteiger partial charge >= 0.3 is 0 Å². The molecule has 88 valence electrons. The average Bonchev–Trinajstić information content (AvgIpc) is 2.90. The summed E-state index contributed by atoms with van der Waals surface area (Å²) in [6.45, 7) is 0.809. The second-order valence-electron chi connectivity index (χ2n) is 4.08. The van der Waals surface area contributed by atoms with Crippen molar-refractivity contribution in [3.63, 3.8) is 0 Å². The summed E-state index contributed by atoms with van der Waals surface area (Å²) in [5.74, 6) is 0.653. The predicted octanol–water partition coefficient (Wildman–Crippen LogP) is 2.04. The molecule has 1 saturated heterocycles. The van der Waals surface area contributed by atoms with Crippen LogP contribution in [0.15, 0.2) is 30.7 Å². The van der Waals surface area contributed by atoms with Crippen LogP contribution in [0.25, 0.3) is 11.5 Å². The first-order valence-corrected chi connectivity index (χ1v) is 5.87. The van der Waals surface area contributed by atoms with E-state index in [2.05, 4.69) is 15.1 Å². The van der Waals surface area contributed by atoms with E-state index in [-0.39, 0.29) is 6.23 Å². The molecule has 0 amide bonds. The summed E-state index contributed by atoms with van der Waals surface area (Å²) in [5.41, 5.74) is 0.794. The standard InChI is InChI=1S/C12H14N4O/c1-3-7-13-10(5-1)12-14-9-16(15-12)11-6-2-4-8-17-11/h1,3,5,7,9,11H,2,4,6,8H2. The van der Waals surface area contributed by atoms with E-state index < -0.39 is 0 Å². The highest BCUT2D eigenvalue weighted by Gasteiger charge is 2.17. The molecule has 1 aliphatic heterocycles. The monoisotopic (exact) mass is 230 g/mol. The van der Waals surface area contributed by atoms with Gasteiger partial charge in [-0.25, -0.2) is 9.67 Å². The van der Waals surface area contributed by atoms with Gasteiger partial charge in [0, 0.05) is 12.8 Å². The van der Waals surface area contributed by atoms with Gasteiger partial charge in [-0.15, -0.1) is 5.10 Å². The second kappa shape index (κ2) is 4.63. The summed E-state index contributed by atoms with van der Waals surface area (Å²) in [7, 11) is 0. The van der Waals surface area contributed by atoms with Crippen LogP contribution in [0, 0.1) is 0 Å². The SMILES string of the molecule is c1ccc(-c2ncn(C3CCCCO3)n2)nc1. The molecule has 1 fully saturated rings. The van der Waals surface area contributed by atoms with Crippen molar-refractivity contribution in [2.75, 3.05) is 6.61 Å². The molecule has 0 saturated carbocycles. The smallest absolute Gasteiger partial charge is 0.199 e. The zero-order chi connectivity index (χ0) is 11.5. The summed E-state index contributed by atoms with van der Waals surface area (Å²) < 4.78 is 7.45. The molecule has 2 aromatic heterocycles. The molecule has 0 N–H and O–H groups in total. The van der Waals surface area contributed by atoms with Crippen molar-refractivity contribution in [1.82, 2.24) is 19.7 Å². The van der Waals surface area contributed by atoms with Crippen molar-refractivity contribution in [3.05, 3.63) is 30.7 Å². The Morgan fingerprint density at radius 2 is 2.24 bits per heavy atom. The van der Waals surface area contributed by atoms with E-state index in [4.69, 9.17) is 4.74 Å². The molecule has 1 aliphatic rings. The third-order valence-electron chi connectivity index (χ3n) is 2.85. The van der Waals surface area contributed by atoms with Crippen LogP contribution in [0.5, 0.6) is 0 Å². The Bertz CT molecular complexity index is 476. The minimum absolute atomic E-state index is 0.0358. The van der Waals surface area contributed by atoms with Gasteiger partial charge in [-0.1, -0.05) is 6.07 Å². The maximum Gasteiger partial charge on any atom is 0.199 e. The number of nitrogens with zero attached hydrogens (tertiary/aromatic N) is 4. The van der Waals surface area contributed by atoms with Gasteiger partial charge in [0.15, 0.2) is 12.1 Å². The molecule has 1 unspecified atom stereocenters. The van der Waals surface area contributed by atoms with Gasteiger partial charge < -0.3 is 4.74 Å². The number of hydrogen-bond donors (Lipinski definition) is 0. The lowest BCUT2D eigenvalue weighted by atomic mass is 10.2.